The monoisotopic (exact) mass is 378 g/mol. The quantitative estimate of drug-likeness (QED) is 0.709. The fourth-order valence-electron chi connectivity index (χ4n) is 2.22. The first-order valence-corrected chi connectivity index (χ1v) is 8.35. The molecule has 4 nitrogen and oxygen atoms in total. The highest BCUT2D eigenvalue weighted by atomic mass is 32.1. The van der Waals surface area contributed by atoms with Gasteiger partial charge in [-0.1, -0.05) is 6.07 Å². The molecule has 1 amide bonds. The number of carbonyl (C=O) groups excluding carboxylic acids is 1. The SMILES string of the molecule is Cc1sc(NC(=O)COc2cccc(F)c2)nc1-c1ccc(F)c(F)c1. The van der Waals surface area contributed by atoms with E-state index in [1.165, 1.54) is 41.7 Å². The van der Waals surface area contributed by atoms with E-state index in [1.54, 1.807) is 6.92 Å². The number of hydrogen-bond acceptors (Lipinski definition) is 4. The zero-order valence-electron chi connectivity index (χ0n) is 13.6. The van der Waals surface area contributed by atoms with Crippen molar-refractivity contribution in [3.63, 3.8) is 0 Å². The smallest absolute Gasteiger partial charge is 0.264 e. The molecule has 0 unspecified atom stereocenters. The van der Waals surface area contributed by atoms with Gasteiger partial charge in [-0.3, -0.25) is 10.1 Å². The number of nitrogens with one attached hydrogen (secondary N) is 1. The first-order chi connectivity index (χ1) is 12.4. The van der Waals surface area contributed by atoms with E-state index >= 15 is 0 Å². The minimum Gasteiger partial charge on any atom is -0.484 e. The van der Waals surface area contributed by atoms with Crippen LogP contribution in [0.2, 0.25) is 0 Å². The number of anilines is 1. The van der Waals surface area contributed by atoms with E-state index in [-0.39, 0.29) is 12.4 Å². The summed E-state index contributed by atoms with van der Waals surface area (Å²) in [6.07, 6.45) is 0. The summed E-state index contributed by atoms with van der Waals surface area (Å²) in [7, 11) is 0. The number of carbonyl (C=O) groups is 1. The molecule has 0 saturated heterocycles. The largest absolute Gasteiger partial charge is 0.484 e. The maximum atomic E-state index is 13.4. The van der Waals surface area contributed by atoms with E-state index in [0.29, 0.717) is 16.4 Å². The van der Waals surface area contributed by atoms with Gasteiger partial charge in [-0.05, 0) is 37.3 Å². The highest BCUT2D eigenvalue weighted by Crippen LogP contribution is 2.31. The number of nitrogens with zero attached hydrogens (tertiary/aromatic N) is 1. The average Bonchev–Trinajstić information content (AvgIpc) is 2.96. The third-order valence-corrected chi connectivity index (χ3v) is 4.29. The van der Waals surface area contributed by atoms with E-state index in [0.717, 1.165) is 17.0 Å². The molecule has 3 aromatic rings. The molecule has 0 spiro atoms. The lowest BCUT2D eigenvalue weighted by Crippen LogP contribution is -2.20. The summed E-state index contributed by atoms with van der Waals surface area (Å²) >= 11 is 1.20. The minimum absolute atomic E-state index is 0.234. The van der Waals surface area contributed by atoms with Crippen LogP contribution >= 0.6 is 11.3 Å². The zero-order valence-corrected chi connectivity index (χ0v) is 14.4. The Labute approximate surface area is 151 Å². The predicted octanol–water partition coefficient (Wildman–Crippen LogP) is 4.55. The zero-order chi connectivity index (χ0) is 18.7. The number of aryl methyl sites for hydroxylation is 1. The summed E-state index contributed by atoms with van der Waals surface area (Å²) in [5.41, 5.74) is 0.865. The Bertz CT molecular complexity index is 959. The van der Waals surface area contributed by atoms with Crippen LogP contribution in [0, 0.1) is 24.4 Å². The number of hydrogen-bond donors (Lipinski definition) is 1. The van der Waals surface area contributed by atoms with Crippen molar-refractivity contribution in [2.24, 2.45) is 0 Å². The van der Waals surface area contributed by atoms with Crippen LogP contribution in [0.1, 0.15) is 4.88 Å². The second-order valence-electron chi connectivity index (χ2n) is 5.35. The standard InChI is InChI=1S/C18H13F3N2O2S/c1-10-17(11-5-6-14(20)15(21)7-11)23-18(26-10)22-16(24)9-25-13-4-2-3-12(19)8-13/h2-8H,9H2,1H3,(H,22,23,24). The average molecular weight is 378 g/mol. The number of benzene rings is 2. The molecule has 0 atom stereocenters. The molecule has 0 fully saturated rings. The van der Waals surface area contributed by atoms with Gasteiger partial charge in [0.25, 0.3) is 5.91 Å². The van der Waals surface area contributed by atoms with Gasteiger partial charge in [0.1, 0.15) is 11.6 Å². The van der Waals surface area contributed by atoms with Crippen LogP contribution in [-0.4, -0.2) is 17.5 Å². The van der Waals surface area contributed by atoms with Gasteiger partial charge >= 0.3 is 0 Å². The van der Waals surface area contributed by atoms with Gasteiger partial charge in [-0.25, -0.2) is 18.2 Å². The van der Waals surface area contributed by atoms with Crippen LogP contribution in [0.15, 0.2) is 42.5 Å². The molecule has 1 aromatic heterocycles. The van der Waals surface area contributed by atoms with Crippen molar-refractivity contribution >= 4 is 22.4 Å². The normalized spacial score (nSPS) is 10.6. The lowest BCUT2D eigenvalue weighted by atomic mass is 10.1. The summed E-state index contributed by atoms with van der Waals surface area (Å²) < 4.78 is 44.7. The Kier molecular flexibility index (Phi) is 5.22. The maximum Gasteiger partial charge on any atom is 0.264 e. The summed E-state index contributed by atoms with van der Waals surface area (Å²) in [6.45, 7) is 1.44. The van der Waals surface area contributed by atoms with E-state index in [4.69, 9.17) is 4.74 Å². The van der Waals surface area contributed by atoms with Gasteiger partial charge in [0, 0.05) is 16.5 Å². The predicted molar refractivity (Wildman–Crippen MR) is 92.7 cm³/mol. The Morgan fingerprint density at radius 3 is 2.69 bits per heavy atom. The molecule has 1 N–H and O–H groups in total. The van der Waals surface area contributed by atoms with Crippen molar-refractivity contribution < 1.29 is 22.7 Å². The molecule has 0 saturated carbocycles. The number of rotatable bonds is 5. The second-order valence-corrected chi connectivity index (χ2v) is 6.55. The summed E-state index contributed by atoms with van der Waals surface area (Å²) in [4.78, 5) is 16.9. The molecule has 134 valence electrons. The van der Waals surface area contributed by atoms with E-state index in [1.807, 2.05) is 0 Å². The van der Waals surface area contributed by atoms with Crippen molar-refractivity contribution in [3.8, 4) is 17.0 Å². The van der Waals surface area contributed by atoms with Crippen LogP contribution in [0.4, 0.5) is 18.3 Å². The molecule has 2 aromatic carbocycles. The molecule has 26 heavy (non-hydrogen) atoms. The van der Waals surface area contributed by atoms with Crippen molar-refractivity contribution in [1.82, 2.24) is 4.98 Å². The molecule has 0 radical (unpaired) electrons. The second kappa shape index (κ2) is 7.57. The van der Waals surface area contributed by atoms with Crippen LogP contribution < -0.4 is 10.1 Å². The van der Waals surface area contributed by atoms with Crippen molar-refractivity contribution in [3.05, 3.63) is 64.8 Å². The van der Waals surface area contributed by atoms with Gasteiger partial charge in [0.2, 0.25) is 0 Å². The van der Waals surface area contributed by atoms with E-state index in [2.05, 4.69) is 10.3 Å². The maximum absolute atomic E-state index is 13.4. The Morgan fingerprint density at radius 2 is 1.96 bits per heavy atom. The van der Waals surface area contributed by atoms with Crippen LogP contribution in [0.25, 0.3) is 11.3 Å². The number of ether oxygens (including phenoxy) is 1. The van der Waals surface area contributed by atoms with E-state index < -0.39 is 23.4 Å². The van der Waals surface area contributed by atoms with Gasteiger partial charge in [0.05, 0.1) is 5.69 Å². The van der Waals surface area contributed by atoms with Crippen LogP contribution in [0.3, 0.4) is 0 Å². The van der Waals surface area contributed by atoms with Crippen LogP contribution in [0.5, 0.6) is 5.75 Å². The van der Waals surface area contributed by atoms with Crippen molar-refractivity contribution in [2.75, 3.05) is 11.9 Å². The van der Waals surface area contributed by atoms with E-state index in [9.17, 15) is 18.0 Å². The van der Waals surface area contributed by atoms with Gasteiger partial charge in [-0.15, -0.1) is 11.3 Å². The third kappa shape index (κ3) is 4.20. The highest BCUT2D eigenvalue weighted by Gasteiger charge is 2.14. The topological polar surface area (TPSA) is 51.2 Å². The summed E-state index contributed by atoms with van der Waals surface area (Å²) in [6, 6.07) is 8.93. The Hall–Kier alpha value is -2.87. The first kappa shape index (κ1) is 17.9. The third-order valence-electron chi connectivity index (χ3n) is 3.40. The lowest BCUT2D eigenvalue weighted by Gasteiger charge is -2.05. The number of thiazole rings is 1. The van der Waals surface area contributed by atoms with Crippen molar-refractivity contribution in [1.29, 1.82) is 0 Å². The van der Waals surface area contributed by atoms with Gasteiger partial charge in [0.15, 0.2) is 23.4 Å². The summed E-state index contributed by atoms with van der Waals surface area (Å²) in [5.74, 6) is -2.61. The molecule has 0 bridgehead atoms. The number of halogens is 3. The molecule has 0 aliphatic rings. The molecule has 0 aliphatic heterocycles. The lowest BCUT2D eigenvalue weighted by molar-refractivity contribution is -0.118. The Balaban J connectivity index is 1.67. The van der Waals surface area contributed by atoms with Crippen LogP contribution in [-0.2, 0) is 4.79 Å². The minimum atomic E-state index is -0.969. The fourth-order valence-corrected chi connectivity index (χ4v) is 3.07. The molecular formula is C18H13F3N2O2S. The number of amides is 1. The number of aromatic nitrogens is 1. The first-order valence-electron chi connectivity index (χ1n) is 7.53. The molecule has 1 heterocycles. The Morgan fingerprint density at radius 1 is 1.15 bits per heavy atom. The molecule has 0 aliphatic carbocycles. The molecule has 3 rings (SSSR count). The van der Waals surface area contributed by atoms with Crippen molar-refractivity contribution in [2.45, 2.75) is 6.92 Å². The van der Waals surface area contributed by atoms with Gasteiger partial charge < -0.3 is 4.74 Å². The fraction of sp³-hybridized carbons (Fsp3) is 0.111. The highest BCUT2D eigenvalue weighted by molar-refractivity contribution is 7.16. The molecular weight excluding hydrogens is 365 g/mol. The molecule has 8 heteroatoms. The van der Waals surface area contributed by atoms with Gasteiger partial charge in [-0.2, -0.15) is 0 Å². The summed E-state index contributed by atoms with van der Waals surface area (Å²) in [5, 5.41) is 2.87.